The molecule has 0 aliphatic heterocycles. The van der Waals surface area contributed by atoms with E-state index in [0.717, 1.165) is 11.8 Å². The summed E-state index contributed by atoms with van der Waals surface area (Å²) in [5.74, 6) is 0. The third kappa shape index (κ3) is 4.26. The van der Waals surface area contributed by atoms with Gasteiger partial charge in [0.05, 0.1) is 0 Å². The van der Waals surface area contributed by atoms with Gasteiger partial charge in [0.1, 0.15) is 0 Å². The molecule has 0 bridgehead atoms. The van der Waals surface area contributed by atoms with Gasteiger partial charge in [-0.3, -0.25) is 0 Å². The molecule has 2 rings (SSSR count). The van der Waals surface area contributed by atoms with Crippen LogP contribution in [0.5, 0.6) is 0 Å². The Morgan fingerprint density at radius 2 is 1.75 bits per heavy atom. The van der Waals surface area contributed by atoms with Crippen molar-refractivity contribution in [2.24, 2.45) is 0 Å². The number of hydrogen-bond donors (Lipinski definition) is 1. The normalized spacial score (nSPS) is 23.8. The van der Waals surface area contributed by atoms with Crippen molar-refractivity contribution in [3.63, 3.8) is 0 Å². The first-order chi connectivity index (χ1) is 9.50. The molecule has 2 unspecified atom stereocenters. The molecule has 1 aromatic rings. The van der Waals surface area contributed by atoms with E-state index in [2.05, 4.69) is 69.0 Å². The van der Waals surface area contributed by atoms with Gasteiger partial charge < -0.3 is 5.32 Å². The Labute approximate surface area is 128 Å². The molecule has 1 nitrogen and oxygen atoms in total. The van der Waals surface area contributed by atoms with E-state index in [-0.39, 0.29) is 5.41 Å². The van der Waals surface area contributed by atoms with Crippen LogP contribution in [0.4, 0.5) is 0 Å². The van der Waals surface area contributed by atoms with Crippen molar-refractivity contribution in [1.29, 1.82) is 0 Å². The van der Waals surface area contributed by atoms with Crippen molar-refractivity contribution < 1.29 is 0 Å². The van der Waals surface area contributed by atoms with E-state index in [9.17, 15) is 0 Å². The number of hydrogen-bond acceptors (Lipinski definition) is 2. The largest absolute Gasteiger partial charge is 0.313 e. The summed E-state index contributed by atoms with van der Waals surface area (Å²) in [6, 6.07) is 9.91. The topological polar surface area (TPSA) is 12.0 Å². The maximum atomic E-state index is 3.67. The molecule has 1 aliphatic carbocycles. The second kappa shape index (κ2) is 7.00. The van der Waals surface area contributed by atoms with Gasteiger partial charge in [0.25, 0.3) is 0 Å². The number of nitrogens with one attached hydrogen (secondary N) is 1. The van der Waals surface area contributed by atoms with Crippen LogP contribution < -0.4 is 5.32 Å². The standard InChI is InChI=1S/C18H29NS/c1-5-19-16-8-6-7-9-17(16)20-15-12-10-14(11-13-15)18(2,3)4/h10-13,16-17,19H,5-9H2,1-4H3. The zero-order chi connectivity index (χ0) is 14.6. The van der Waals surface area contributed by atoms with E-state index in [0.29, 0.717) is 6.04 Å². The second-order valence-corrected chi connectivity index (χ2v) is 8.19. The zero-order valence-electron chi connectivity index (χ0n) is 13.4. The van der Waals surface area contributed by atoms with Gasteiger partial charge in [-0.05, 0) is 42.5 Å². The summed E-state index contributed by atoms with van der Waals surface area (Å²) in [6.07, 6.45) is 5.46. The lowest BCUT2D eigenvalue weighted by atomic mass is 9.87. The summed E-state index contributed by atoms with van der Waals surface area (Å²) >= 11 is 2.07. The van der Waals surface area contributed by atoms with Crippen LogP contribution in [0.25, 0.3) is 0 Å². The molecule has 112 valence electrons. The molecule has 0 amide bonds. The highest BCUT2D eigenvalue weighted by atomic mass is 32.2. The minimum Gasteiger partial charge on any atom is -0.313 e. The fraction of sp³-hybridized carbons (Fsp3) is 0.667. The van der Waals surface area contributed by atoms with Crippen molar-refractivity contribution >= 4 is 11.8 Å². The van der Waals surface area contributed by atoms with Crippen LogP contribution in [0.2, 0.25) is 0 Å². The molecule has 0 radical (unpaired) electrons. The van der Waals surface area contributed by atoms with Gasteiger partial charge >= 0.3 is 0 Å². The first-order valence-electron chi connectivity index (χ1n) is 8.01. The molecule has 2 atom stereocenters. The molecule has 0 aromatic heterocycles. The molecular formula is C18H29NS. The van der Waals surface area contributed by atoms with E-state index in [4.69, 9.17) is 0 Å². The predicted octanol–water partition coefficient (Wildman–Crippen LogP) is 5.00. The zero-order valence-corrected chi connectivity index (χ0v) is 14.2. The van der Waals surface area contributed by atoms with Gasteiger partial charge in [0.2, 0.25) is 0 Å². The first kappa shape index (κ1) is 15.9. The van der Waals surface area contributed by atoms with Gasteiger partial charge in [0.15, 0.2) is 0 Å². The van der Waals surface area contributed by atoms with Crippen LogP contribution in [-0.2, 0) is 5.41 Å². The Kier molecular flexibility index (Phi) is 5.57. The minimum atomic E-state index is 0.250. The Balaban J connectivity index is 2.01. The summed E-state index contributed by atoms with van der Waals surface area (Å²) in [4.78, 5) is 1.42. The molecule has 0 saturated heterocycles. The van der Waals surface area contributed by atoms with Gasteiger partial charge in [-0.2, -0.15) is 0 Å². The predicted molar refractivity (Wildman–Crippen MR) is 90.7 cm³/mol. The maximum absolute atomic E-state index is 3.67. The molecule has 1 N–H and O–H groups in total. The average Bonchev–Trinajstić information content (AvgIpc) is 2.41. The fourth-order valence-electron chi connectivity index (χ4n) is 2.94. The molecule has 0 heterocycles. The molecule has 1 aromatic carbocycles. The van der Waals surface area contributed by atoms with E-state index in [1.807, 2.05) is 0 Å². The van der Waals surface area contributed by atoms with Gasteiger partial charge in [-0.25, -0.2) is 0 Å². The average molecular weight is 292 g/mol. The molecule has 1 aliphatic rings. The monoisotopic (exact) mass is 291 g/mol. The highest BCUT2D eigenvalue weighted by Crippen LogP contribution is 2.34. The Morgan fingerprint density at radius 3 is 2.35 bits per heavy atom. The maximum Gasteiger partial charge on any atom is 0.0248 e. The summed E-state index contributed by atoms with van der Waals surface area (Å²) in [5, 5.41) is 4.41. The molecule has 0 spiro atoms. The number of benzene rings is 1. The summed E-state index contributed by atoms with van der Waals surface area (Å²) < 4.78 is 0. The third-order valence-corrected chi connectivity index (χ3v) is 5.59. The second-order valence-electron chi connectivity index (χ2n) is 6.88. The Morgan fingerprint density at radius 1 is 1.10 bits per heavy atom. The van der Waals surface area contributed by atoms with E-state index in [1.165, 1.54) is 36.1 Å². The van der Waals surface area contributed by atoms with Gasteiger partial charge in [0, 0.05) is 16.2 Å². The molecule has 20 heavy (non-hydrogen) atoms. The lowest BCUT2D eigenvalue weighted by Gasteiger charge is -2.31. The van der Waals surface area contributed by atoms with Gasteiger partial charge in [-0.15, -0.1) is 11.8 Å². The highest BCUT2D eigenvalue weighted by Gasteiger charge is 2.25. The Bertz CT molecular complexity index is 402. The molecular weight excluding hydrogens is 262 g/mol. The highest BCUT2D eigenvalue weighted by molar-refractivity contribution is 8.00. The number of thioether (sulfide) groups is 1. The van der Waals surface area contributed by atoms with Crippen LogP contribution in [-0.4, -0.2) is 17.8 Å². The quantitative estimate of drug-likeness (QED) is 0.838. The first-order valence-corrected chi connectivity index (χ1v) is 8.89. The van der Waals surface area contributed by atoms with Crippen LogP contribution in [0.1, 0.15) is 58.9 Å². The van der Waals surface area contributed by atoms with Crippen molar-refractivity contribution in [1.82, 2.24) is 5.32 Å². The van der Waals surface area contributed by atoms with E-state index in [1.54, 1.807) is 0 Å². The fourth-order valence-corrected chi connectivity index (χ4v) is 4.27. The molecule has 1 saturated carbocycles. The molecule has 1 fully saturated rings. The van der Waals surface area contributed by atoms with Crippen molar-refractivity contribution in [2.45, 2.75) is 75.0 Å². The van der Waals surface area contributed by atoms with Crippen molar-refractivity contribution in [3.8, 4) is 0 Å². The van der Waals surface area contributed by atoms with Gasteiger partial charge in [-0.1, -0.05) is 52.7 Å². The SMILES string of the molecule is CCNC1CCCCC1Sc1ccc(C(C)(C)C)cc1. The summed E-state index contributed by atoms with van der Waals surface area (Å²) in [6.45, 7) is 10.1. The van der Waals surface area contributed by atoms with Crippen LogP contribution in [0.3, 0.4) is 0 Å². The smallest absolute Gasteiger partial charge is 0.0248 e. The Hall–Kier alpha value is -0.470. The summed E-state index contributed by atoms with van der Waals surface area (Å²) in [7, 11) is 0. The lowest BCUT2D eigenvalue weighted by molar-refractivity contribution is 0.391. The summed E-state index contributed by atoms with van der Waals surface area (Å²) in [5.41, 5.74) is 1.68. The van der Waals surface area contributed by atoms with E-state index < -0.39 is 0 Å². The number of rotatable bonds is 4. The molecule has 2 heteroatoms. The van der Waals surface area contributed by atoms with Crippen LogP contribution in [0, 0.1) is 0 Å². The third-order valence-electron chi connectivity index (χ3n) is 4.18. The minimum absolute atomic E-state index is 0.250. The van der Waals surface area contributed by atoms with Crippen molar-refractivity contribution in [2.75, 3.05) is 6.54 Å². The van der Waals surface area contributed by atoms with Crippen molar-refractivity contribution in [3.05, 3.63) is 29.8 Å². The lowest BCUT2D eigenvalue weighted by Crippen LogP contribution is -2.40. The van der Waals surface area contributed by atoms with Crippen LogP contribution >= 0.6 is 11.8 Å². The van der Waals surface area contributed by atoms with E-state index >= 15 is 0 Å². The van der Waals surface area contributed by atoms with Crippen LogP contribution in [0.15, 0.2) is 29.2 Å².